The van der Waals surface area contributed by atoms with Gasteiger partial charge in [-0.15, -0.1) is 6.42 Å². The summed E-state index contributed by atoms with van der Waals surface area (Å²) in [5.74, 6) is 2.59. The summed E-state index contributed by atoms with van der Waals surface area (Å²) in [5, 5.41) is 3.23. The molecule has 0 amide bonds. The van der Waals surface area contributed by atoms with Crippen molar-refractivity contribution in [3.63, 3.8) is 0 Å². The largest absolute Gasteiger partial charge is 0.306 e. The number of terminal acetylenes is 1. The lowest BCUT2D eigenvalue weighted by Gasteiger charge is -2.35. The molecule has 1 saturated heterocycles. The summed E-state index contributed by atoms with van der Waals surface area (Å²) >= 11 is 0. The summed E-state index contributed by atoms with van der Waals surface area (Å²) in [4.78, 5) is 4.86. The highest BCUT2D eigenvalue weighted by Crippen LogP contribution is 2.13. The van der Waals surface area contributed by atoms with Gasteiger partial charge in [-0.25, -0.2) is 0 Å². The van der Waals surface area contributed by atoms with Crippen LogP contribution in [0.15, 0.2) is 0 Å². The van der Waals surface area contributed by atoms with Crippen LogP contribution in [-0.4, -0.2) is 62.7 Å². The highest BCUT2D eigenvalue weighted by atomic mass is 15.2. The van der Waals surface area contributed by atoms with E-state index < -0.39 is 0 Å². The Balaban J connectivity index is 2.11. The van der Waals surface area contributed by atoms with Gasteiger partial charge in [-0.05, 0) is 40.0 Å². The van der Waals surface area contributed by atoms with E-state index in [-0.39, 0.29) is 0 Å². The van der Waals surface area contributed by atoms with Crippen LogP contribution in [-0.2, 0) is 0 Å². The SMILES string of the molecule is C#CCNCCN(C)C1CCN(C)CC1. The third-order valence-corrected chi connectivity index (χ3v) is 3.18. The van der Waals surface area contributed by atoms with Crippen molar-refractivity contribution < 1.29 is 0 Å². The molecule has 0 aromatic carbocycles. The lowest BCUT2D eigenvalue weighted by atomic mass is 10.0. The van der Waals surface area contributed by atoms with Crippen molar-refractivity contribution in [3.05, 3.63) is 0 Å². The standard InChI is InChI=1S/C12H23N3/c1-4-7-13-8-11-15(3)12-5-9-14(2)10-6-12/h1,12-13H,5-11H2,2-3H3. The molecule has 1 fully saturated rings. The summed E-state index contributed by atoms with van der Waals surface area (Å²) in [6.07, 6.45) is 7.76. The maximum Gasteiger partial charge on any atom is 0.0574 e. The Bertz CT molecular complexity index is 201. The maximum absolute atomic E-state index is 5.17. The fourth-order valence-corrected chi connectivity index (χ4v) is 2.03. The van der Waals surface area contributed by atoms with Gasteiger partial charge in [-0.3, -0.25) is 0 Å². The first-order chi connectivity index (χ1) is 7.24. The number of nitrogens with one attached hydrogen (secondary N) is 1. The first-order valence-corrected chi connectivity index (χ1v) is 5.77. The molecular weight excluding hydrogens is 186 g/mol. The van der Waals surface area contributed by atoms with Crippen LogP contribution in [0.25, 0.3) is 0 Å². The summed E-state index contributed by atoms with van der Waals surface area (Å²) < 4.78 is 0. The second-order valence-electron chi connectivity index (χ2n) is 4.40. The molecule has 1 heterocycles. The Kier molecular flexibility index (Phi) is 5.70. The average molecular weight is 209 g/mol. The molecule has 0 atom stereocenters. The highest BCUT2D eigenvalue weighted by Gasteiger charge is 2.19. The number of hydrogen-bond donors (Lipinski definition) is 1. The lowest BCUT2D eigenvalue weighted by Crippen LogP contribution is -2.44. The van der Waals surface area contributed by atoms with E-state index in [0.29, 0.717) is 6.54 Å². The van der Waals surface area contributed by atoms with Crippen molar-refractivity contribution in [1.29, 1.82) is 0 Å². The third-order valence-electron chi connectivity index (χ3n) is 3.18. The summed E-state index contributed by atoms with van der Waals surface area (Å²) in [7, 11) is 4.41. The van der Waals surface area contributed by atoms with Gasteiger partial charge in [0.25, 0.3) is 0 Å². The van der Waals surface area contributed by atoms with Crippen LogP contribution < -0.4 is 5.32 Å². The molecule has 1 rings (SSSR count). The molecule has 0 aromatic heterocycles. The van der Waals surface area contributed by atoms with Crippen LogP contribution in [0.4, 0.5) is 0 Å². The lowest BCUT2D eigenvalue weighted by molar-refractivity contribution is 0.145. The third kappa shape index (κ3) is 4.65. The molecule has 15 heavy (non-hydrogen) atoms. The summed E-state index contributed by atoms with van der Waals surface area (Å²) in [6, 6.07) is 0.758. The van der Waals surface area contributed by atoms with Crippen molar-refractivity contribution >= 4 is 0 Å². The molecule has 1 N–H and O–H groups in total. The molecule has 0 bridgehead atoms. The van der Waals surface area contributed by atoms with Gasteiger partial charge in [0.2, 0.25) is 0 Å². The van der Waals surface area contributed by atoms with Gasteiger partial charge in [0.15, 0.2) is 0 Å². The van der Waals surface area contributed by atoms with Gasteiger partial charge in [-0.2, -0.15) is 0 Å². The number of piperidine rings is 1. The van der Waals surface area contributed by atoms with Crippen LogP contribution in [0.3, 0.4) is 0 Å². The normalized spacial score (nSPS) is 19.3. The monoisotopic (exact) mass is 209 g/mol. The van der Waals surface area contributed by atoms with Crippen molar-refractivity contribution in [1.82, 2.24) is 15.1 Å². The van der Waals surface area contributed by atoms with Crippen molar-refractivity contribution in [2.75, 3.05) is 46.8 Å². The molecule has 0 radical (unpaired) electrons. The van der Waals surface area contributed by atoms with E-state index in [2.05, 4.69) is 35.1 Å². The number of nitrogens with zero attached hydrogens (tertiary/aromatic N) is 2. The van der Waals surface area contributed by atoms with Gasteiger partial charge in [-0.1, -0.05) is 5.92 Å². The molecule has 0 aliphatic carbocycles. The molecule has 3 heteroatoms. The fourth-order valence-electron chi connectivity index (χ4n) is 2.03. The van der Waals surface area contributed by atoms with Crippen LogP contribution >= 0.6 is 0 Å². The minimum atomic E-state index is 0.682. The minimum Gasteiger partial charge on any atom is -0.306 e. The van der Waals surface area contributed by atoms with Crippen molar-refractivity contribution in [2.24, 2.45) is 0 Å². The Morgan fingerprint density at radius 2 is 2.13 bits per heavy atom. The van der Waals surface area contributed by atoms with Crippen LogP contribution in [0.5, 0.6) is 0 Å². The Hall–Kier alpha value is -0.560. The van der Waals surface area contributed by atoms with Gasteiger partial charge >= 0.3 is 0 Å². The van der Waals surface area contributed by atoms with Gasteiger partial charge < -0.3 is 15.1 Å². The predicted octanol–water partition coefficient (Wildman–Crippen LogP) is 0.235. The zero-order valence-corrected chi connectivity index (χ0v) is 10.00. The molecule has 3 nitrogen and oxygen atoms in total. The highest BCUT2D eigenvalue weighted by molar-refractivity contribution is 4.86. The van der Waals surface area contributed by atoms with E-state index in [1.807, 2.05) is 0 Å². The maximum atomic E-state index is 5.17. The van der Waals surface area contributed by atoms with E-state index >= 15 is 0 Å². The zero-order chi connectivity index (χ0) is 11.1. The Morgan fingerprint density at radius 1 is 1.47 bits per heavy atom. The smallest absolute Gasteiger partial charge is 0.0574 e. The number of rotatable bonds is 5. The molecule has 86 valence electrons. The van der Waals surface area contributed by atoms with E-state index in [1.165, 1.54) is 25.9 Å². The predicted molar refractivity (Wildman–Crippen MR) is 64.9 cm³/mol. The van der Waals surface area contributed by atoms with Crippen molar-refractivity contribution in [3.8, 4) is 12.3 Å². The van der Waals surface area contributed by atoms with E-state index in [0.717, 1.165) is 19.1 Å². The summed E-state index contributed by atoms with van der Waals surface area (Å²) in [6.45, 7) is 5.23. The zero-order valence-electron chi connectivity index (χ0n) is 10.00. The number of likely N-dealkylation sites (tertiary alicyclic amines) is 1. The Morgan fingerprint density at radius 3 is 2.73 bits per heavy atom. The molecule has 0 aromatic rings. The first kappa shape index (κ1) is 12.5. The second-order valence-corrected chi connectivity index (χ2v) is 4.40. The molecule has 0 unspecified atom stereocenters. The van der Waals surface area contributed by atoms with Gasteiger partial charge in [0, 0.05) is 19.1 Å². The number of likely N-dealkylation sites (N-methyl/N-ethyl adjacent to an activating group) is 1. The topological polar surface area (TPSA) is 18.5 Å². The number of hydrogen-bond acceptors (Lipinski definition) is 3. The van der Waals surface area contributed by atoms with E-state index in [9.17, 15) is 0 Å². The quantitative estimate of drug-likeness (QED) is 0.517. The first-order valence-electron chi connectivity index (χ1n) is 5.77. The van der Waals surface area contributed by atoms with E-state index in [1.54, 1.807) is 0 Å². The van der Waals surface area contributed by atoms with E-state index in [4.69, 9.17) is 6.42 Å². The molecular formula is C12H23N3. The van der Waals surface area contributed by atoms with Crippen LogP contribution in [0.2, 0.25) is 0 Å². The Labute approximate surface area is 93.8 Å². The van der Waals surface area contributed by atoms with Crippen LogP contribution in [0, 0.1) is 12.3 Å². The minimum absolute atomic E-state index is 0.682. The fraction of sp³-hybridized carbons (Fsp3) is 0.833. The van der Waals surface area contributed by atoms with Crippen LogP contribution in [0.1, 0.15) is 12.8 Å². The molecule has 0 spiro atoms. The van der Waals surface area contributed by atoms with Crippen molar-refractivity contribution in [2.45, 2.75) is 18.9 Å². The molecule has 1 aliphatic rings. The molecule has 1 aliphatic heterocycles. The molecule has 0 saturated carbocycles. The second kappa shape index (κ2) is 6.84. The average Bonchev–Trinajstić information content (AvgIpc) is 2.25. The summed E-state index contributed by atoms with van der Waals surface area (Å²) in [5.41, 5.74) is 0. The van der Waals surface area contributed by atoms with Gasteiger partial charge in [0.1, 0.15) is 0 Å². The van der Waals surface area contributed by atoms with Gasteiger partial charge in [0.05, 0.1) is 6.54 Å².